The predicted molar refractivity (Wildman–Crippen MR) is 48.2 cm³/mol. The van der Waals surface area contributed by atoms with Gasteiger partial charge in [0.1, 0.15) is 11.3 Å². The quantitative estimate of drug-likeness (QED) is 0.619. The average Bonchev–Trinajstić information content (AvgIpc) is 2.19. The van der Waals surface area contributed by atoms with E-state index in [9.17, 15) is 18.0 Å². The van der Waals surface area contributed by atoms with Gasteiger partial charge in [0.05, 0.1) is 7.11 Å². The zero-order valence-corrected chi connectivity index (χ0v) is 9.02. The third-order valence-electron chi connectivity index (χ3n) is 1.57. The number of carbonyl (C=O) groups is 1. The van der Waals surface area contributed by atoms with Gasteiger partial charge in [0.25, 0.3) is 6.43 Å². The van der Waals surface area contributed by atoms with Crippen LogP contribution < -0.4 is 0 Å². The second-order valence-corrected chi connectivity index (χ2v) is 3.34. The fraction of sp³-hybridized carbons (Fsp3) is 0.250. The number of hydrogen-bond donors (Lipinski definition) is 0. The molecule has 0 fully saturated rings. The van der Waals surface area contributed by atoms with E-state index in [2.05, 4.69) is 25.7 Å². The SMILES string of the molecule is COC(=O)c1cc(Br)c(C(F)F)nc1F. The highest BCUT2D eigenvalue weighted by Gasteiger charge is 2.21. The van der Waals surface area contributed by atoms with E-state index in [1.165, 1.54) is 0 Å². The van der Waals surface area contributed by atoms with E-state index in [0.717, 1.165) is 13.2 Å². The highest BCUT2D eigenvalue weighted by molar-refractivity contribution is 9.10. The summed E-state index contributed by atoms with van der Waals surface area (Å²) in [6.07, 6.45) is -2.92. The molecule has 1 heterocycles. The molecule has 7 heteroatoms. The van der Waals surface area contributed by atoms with Crippen LogP contribution in [0.5, 0.6) is 0 Å². The Labute approximate surface area is 91.4 Å². The van der Waals surface area contributed by atoms with Gasteiger partial charge in [-0.2, -0.15) is 4.39 Å². The van der Waals surface area contributed by atoms with Crippen molar-refractivity contribution >= 4 is 21.9 Å². The van der Waals surface area contributed by atoms with E-state index >= 15 is 0 Å². The lowest BCUT2D eigenvalue weighted by atomic mass is 10.2. The first kappa shape index (κ1) is 12.0. The fourth-order valence-corrected chi connectivity index (χ4v) is 1.38. The number of esters is 1. The van der Waals surface area contributed by atoms with Gasteiger partial charge in [-0.25, -0.2) is 18.6 Å². The molecular weight excluding hydrogens is 279 g/mol. The van der Waals surface area contributed by atoms with E-state index < -0.39 is 29.6 Å². The minimum absolute atomic E-state index is 0.140. The van der Waals surface area contributed by atoms with Gasteiger partial charge in [-0.3, -0.25) is 0 Å². The number of nitrogens with zero attached hydrogens (tertiary/aromatic N) is 1. The lowest BCUT2D eigenvalue weighted by Gasteiger charge is -2.05. The average molecular weight is 284 g/mol. The Morgan fingerprint density at radius 2 is 2.20 bits per heavy atom. The van der Waals surface area contributed by atoms with Gasteiger partial charge in [-0.1, -0.05) is 0 Å². The second-order valence-electron chi connectivity index (χ2n) is 2.49. The van der Waals surface area contributed by atoms with Crippen LogP contribution >= 0.6 is 15.9 Å². The van der Waals surface area contributed by atoms with Crippen molar-refractivity contribution in [2.45, 2.75) is 6.43 Å². The molecule has 0 saturated carbocycles. The van der Waals surface area contributed by atoms with E-state index in [1.54, 1.807) is 0 Å². The van der Waals surface area contributed by atoms with Gasteiger partial charge < -0.3 is 4.74 Å². The Morgan fingerprint density at radius 1 is 1.60 bits per heavy atom. The van der Waals surface area contributed by atoms with Gasteiger partial charge >= 0.3 is 5.97 Å². The maximum Gasteiger partial charge on any atom is 0.342 e. The van der Waals surface area contributed by atoms with Crippen molar-refractivity contribution in [3.05, 3.63) is 27.7 Å². The van der Waals surface area contributed by atoms with Gasteiger partial charge in [0.15, 0.2) is 0 Å². The number of ether oxygens (including phenoxy) is 1. The number of alkyl halides is 2. The van der Waals surface area contributed by atoms with Crippen LogP contribution in [0.3, 0.4) is 0 Å². The highest BCUT2D eigenvalue weighted by Crippen LogP contribution is 2.27. The Hall–Kier alpha value is -1.11. The van der Waals surface area contributed by atoms with Gasteiger partial charge in [0, 0.05) is 4.47 Å². The molecule has 0 aliphatic carbocycles. The van der Waals surface area contributed by atoms with Crippen LogP contribution in [0.25, 0.3) is 0 Å². The summed E-state index contributed by atoms with van der Waals surface area (Å²) < 4.78 is 41.7. The number of aromatic nitrogens is 1. The van der Waals surface area contributed by atoms with Crippen molar-refractivity contribution in [1.82, 2.24) is 4.98 Å². The molecule has 0 bridgehead atoms. The zero-order chi connectivity index (χ0) is 11.6. The molecule has 0 unspecified atom stereocenters. The zero-order valence-electron chi connectivity index (χ0n) is 7.43. The monoisotopic (exact) mass is 283 g/mol. The Kier molecular flexibility index (Phi) is 3.67. The maximum atomic E-state index is 13.1. The van der Waals surface area contributed by atoms with Crippen LogP contribution in [-0.2, 0) is 4.74 Å². The molecule has 0 saturated heterocycles. The molecule has 0 radical (unpaired) electrons. The van der Waals surface area contributed by atoms with E-state index in [0.29, 0.717) is 0 Å². The van der Waals surface area contributed by atoms with Crippen LogP contribution in [0.15, 0.2) is 10.5 Å². The van der Waals surface area contributed by atoms with Crippen LogP contribution in [0.2, 0.25) is 0 Å². The molecule has 0 aliphatic rings. The molecular formula is C8H5BrF3NO2. The standard InChI is InChI=1S/C8H5BrF3NO2/c1-15-8(14)3-2-4(9)5(6(10)11)13-7(3)12/h2,6H,1H3. The van der Waals surface area contributed by atoms with E-state index in [4.69, 9.17) is 0 Å². The number of pyridine rings is 1. The second kappa shape index (κ2) is 4.61. The first-order valence-electron chi connectivity index (χ1n) is 3.69. The fourth-order valence-electron chi connectivity index (χ4n) is 0.886. The molecule has 0 aliphatic heterocycles. The third-order valence-corrected chi connectivity index (χ3v) is 2.20. The third kappa shape index (κ3) is 2.47. The Bertz CT molecular complexity index is 398. The number of methoxy groups -OCH3 is 1. The van der Waals surface area contributed by atoms with Crippen LogP contribution in [0.4, 0.5) is 13.2 Å². The first-order chi connectivity index (χ1) is 6.97. The van der Waals surface area contributed by atoms with E-state index in [-0.39, 0.29) is 4.47 Å². The molecule has 0 atom stereocenters. The molecule has 0 spiro atoms. The lowest BCUT2D eigenvalue weighted by Crippen LogP contribution is -2.08. The highest BCUT2D eigenvalue weighted by atomic mass is 79.9. The smallest absolute Gasteiger partial charge is 0.342 e. The molecule has 0 N–H and O–H groups in total. The summed E-state index contributed by atoms with van der Waals surface area (Å²) in [5.74, 6) is -2.25. The molecule has 1 rings (SSSR count). The number of halogens is 4. The van der Waals surface area contributed by atoms with Crippen LogP contribution in [0, 0.1) is 5.95 Å². The van der Waals surface area contributed by atoms with Crippen LogP contribution in [0.1, 0.15) is 22.5 Å². The lowest BCUT2D eigenvalue weighted by molar-refractivity contribution is 0.0593. The van der Waals surface area contributed by atoms with Crippen molar-refractivity contribution in [1.29, 1.82) is 0 Å². The maximum absolute atomic E-state index is 13.1. The molecule has 1 aromatic rings. The summed E-state index contributed by atoms with van der Waals surface area (Å²) in [5.41, 5.74) is -1.24. The number of rotatable bonds is 2. The van der Waals surface area contributed by atoms with Gasteiger partial charge in [-0.15, -0.1) is 0 Å². The van der Waals surface area contributed by atoms with Crippen molar-refractivity contribution in [2.24, 2.45) is 0 Å². The van der Waals surface area contributed by atoms with Crippen molar-refractivity contribution in [3.8, 4) is 0 Å². The minimum atomic E-state index is -2.92. The Balaban J connectivity index is 3.25. The van der Waals surface area contributed by atoms with Gasteiger partial charge in [0.2, 0.25) is 5.95 Å². The minimum Gasteiger partial charge on any atom is -0.465 e. The summed E-state index contributed by atoms with van der Waals surface area (Å²) in [5, 5.41) is 0. The summed E-state index contributed by atoms with van der Waals surface area (Å²) >= 11 is 2.76. The van der Waals surface area contributed by atoms with Gasteiger partial charge in [-0.05, 0) is 22.0 Å². The molecule has 0 aromatic carbocycles. The van der Waals surface area contributed by atoms with Crippen molar-refractivity contribution in [2.75, 3.05) is 7.11 Å². The first-order valence-corrected chi connectivity index (χ1v) is 4.49. The predicted octanol–water partition coefficient (Wildman–Crippen LogP) is 2.71. The molecule has 82 valence electrons. The number of carbonyl (C=O) groups excluding carboxylic acids is 1. The number of hydrogen-bond acceptors (Lipinski definition) is 3. The summed E-state index contributed by atoms with van der Waals surface area (Å²) in [6.45, 7) is 0. The Morgan fingerprint density at radius 3 is 2.67 bits per heavy atom. The van der Waals surface area contributed by atoms with E-state index in [1.807, 2.05) is 0 Å². The molecule has 1 aromatic heterocycles. The topological polar surface area (TPSA) is 39.2 Å². The molecule has 0 amide bonds. The summed E-state index contributed by atoms with van der Waals surface area (Å²) in [6, 6.07) is 0.912. The molecule has 15 heavy (non-hydrogen) atoms. The largest absolute Gasteiger partial charge is 0.465 e. The van der Waals surface area contributed by atoms with Crippen molar-refractivity contribution < 1.29 is 22.7 Å². The molecule has 3 nitrogen and oxygen atoms in total. The van der Waals surface area contributed by atoms with Crippen LogP contribution in [-0.4, -0.2) is 18.1 Å². The summed E-state index contributed by atoms with van der Waals surface area (Å²) in [4.78, 5) is 13.9. The van der Waals surface area contributed by atoms with Crippen molar-refractivity contribution in [3.63, 3.8) is 0 Å². The normalized spacial score (nSPS) is 10.5. The summed E-state index contributed by atoms with van der Waals surface area (Å²) in [7, 11) is 1.05.